The van der Waals surface area contributed by atoms with Crippen molar-refractivity contribution in [2.24, 2.45) is 5.92 Å². The monoisotopic (exact) mass is 384 g/mol. The maximum absolute atomic E-state index is 12.7. The van der Waals surface area contributed by atoms with E-state index in [0.29, 0.717) is 47.7 Å². The van der Waals surface area contributed by atoms with Gasteiger partial charge in [0.2, 0.25) is 0 Å². The second-order valence-corrected chi connectivity index (χ2v) is 6.81. The zero-order chi connectivity index (χ0) is 20.1. The van der Waals surface area contributed by atoms with Gasteiger partial charge in [-0.2, -0.15) is 0 Å². The Morgan fingerprint density at radius 3 is 2.64 bits per heavy atom. The Morgan fingerprint density at radius 2 is 2.00 bits per heavy atom. The van der Waals surface area contributed by atoms with Gasteiger partial charge in [-0.25, -0.2) is 0 Å². The first-order valence-corrected chi connectivity index (χ1v) is 9.02. The van der Waals surface area contributed by atoms with Gasteiger partial charge in [-0.05, 0) is 30.2 Å². The Balaban J connectivity index is 1.83. The van der Waals surface area contributed by atoms with Crippen LogP contribution in [0.3, 0.4) is 0 Å². The highest BCUT2D eigenvalue weighted by atomic mass is 16.5. The number of carbonyl (C=O) groups excluding carboxylic acids is 1. The van der Waals surface area contributed by atoms with Crippen LogP contribution in [0.4, 0.5) is 0 Å². The number of carbonyl (C=O) groups is 1. The van der Waals surface area contributed by atoms with Gasteiger partial charge >= 0.3 is 0 Å². The van der Waals surface area contributed by atoms with Crippen molar-refractivity contribution < 1.29 is 23.2 Å². The Morgan fingerprint density at radius 1 is 1.18 bits per heavy atom. The van der Waals surface area contributed by atoms with E-state index < -0.39 is 0 Å². The molecule has 2 heterocycles. The third-order valence-corrected chi connectivity index (χ3v) is 4.19. The number of furan rings is 1. The Kier molecular flexibility index (Phi) is 6.03. The molecule has 0 atom stereocenters. The maximum atomic E-state index is 12.7. The minimum atomic E-state index is -0.176. The fourth-order valence-corrected chi connectivity index (χ4v) is 2.93. The van der Waals surface area contributed by atoms with E-state index in [2.05, 4.69) is 19.0 Å². The molecule has 7 heteroatoms. The van der Waals surface area contributed by atoms with Gasteiger partial charge < -0.3 is 23.3 Å². The number of ether oxygens (including phenoxy) is 2. The van der Waals surface area contributed by atoms with Crippen LogP contribution in [0.15, 0.2) is 51.6 Å². The predicted octanol–water partition coefficient (Wildman–Crippen LogP) is 4.25. The molecule has 0 N–H and O–H groups in total. The average molecular weight is 384 g/mol. The van der Waals surface area contributed by atoms with E-state index in [1.807, 2.05) is 18.2 Å². The largest absolute Gasteiger partial charge is 0.497 e. The van der Waals surface area contributed by atoms with Crippen molar-refractivity contribution in [2.75, 3.05) is 20.8 Å². The van der Waals surface area contributed by atoms with E-state index in [4.69, 9.17) is 18.4 Å². The van der Waals surface area contributed by atoms with E-state index in [-0.39, 0.29) is 5.91 Å². The molecular weight excluding hydrogens is 360 g/mol. The minimum absolute atomic E-state index is 0.176. The number of rotatable bonds is 8. The Bertz CT molecular complexity index is 915. The third-order valence-electron chi connectivity index (χ3n) is 4.19. The highest BCUT2D eigenvalue weighted by molar-refractivity contribution is 5.91. The Hall–Kier alpha value is -3.22. The van der Waals surface area contributed by atoms with E-state index in [9.17, 15) is 4.79 Å². The molecule has 1 amide bonds. The minimum Gasteiger partial charge on any atom is -0.497 e. The number of hydrogen-bond acceptors (Lipinski definition) is 6. The van der Waals surface area contributed by atoms with Crippen LogP contribution in [0.25, 0.3) is 11.3 Å². The summed E-state index contributed by atoms with van der Waals surface area (Å²) in [6, 6.07) is 10.6. The summed E-state index contributed by atoms with van der Waals surface area (Å²) in [6.07, 6.45) is 1.49. The van der Waals surface area contributed by atoms with Gasteiger partial charge in [0, 0.05) is 18.7 Å². The smallest absolute Gasteiger partial charge is 0.289 e. The van der Waals surface area contributed by atoms with E-state index in [1.165, 1.54) is 6.26 Å². The number of amides is 1. The van der Waals surface area contributed by atoms with Crippen LogP contribution in [0.5, 0.6) is 11.5 Å². The summed E-state index contributed by atoms with van der Waals surface area (Å²) in [5.41, 5.74) is 1.41. The van der Waals surface area contributed by atoms with Crippen LogP contribution in [0.2, 0.25) is 0 Å². The fourth-order valence-electron chi connectivity index (χ4n) is 2.93. The fraction of sp³-hybridized carbons (Fsp3) is 0.333. The van der Waals surface area contributed by atoms with Gasteiger partial charge in [0.25, 0.3) is 5.91 Å². The lowest BCUT2D eigenvalue weighted by Crippen LogP contribution is -2.33. The molecule has 3 rings (SSSR count). The lowest BCUT2D eigenvalue weighted by atomic mass is 10.1. The van der Waals surface area contributed by atoms with Crippen molar-refractivity contribution >= 4 is 5.91 Å². The first-order valence-electron chi connectivity index (χ1n) is 9.02. The van der Waals surface area contributed by atoms with Crippen molar-refractivity contribution in [1.82, 2.24) is 10.1 Å². The molecule has 0 spiro atoms. The SMILES string of the molecule is COc1ccc(-c2cc(CN(CC(C)C)C(=O)c3ccco3)no2)c(OC)c1. The number of methoxy groups -OCH3 is 2. The number of benzene rings is 1. The highest BCUT2D eigenvalue weighted by Crippen LogP contribution is 2.33. The lowest BCUT2D eigenvalue weighted by Gasteiger charge is -2.22. The molecule has 1 aromatic carbocycles. The summed E-state index contributed by atoms with van der Waals surface area (Å²) in [5, 5.41) is 4.14. The number of nitrogens with zero attached hydrogens (tertiary/aromatic N) is 2. The van der Waals surface area contributed by atoms with Crippen LogP contribution in [-0.2, 0) is 6.54 Å². The summed E-state index contributed by atoms with van der Waals surface area (Å²) in [4.78, 5) is 14.4. The topological polar surface area (TPSA) is 77.9 Å². The summed E-state index contributed by atoms with van der Waals surface area (Å²) in [6.45, 7) is 5.00. The van der Waals surface area contributed by atoms with Crippen molar-refractivity contribution in [1.29, 1.82) is 0 Å². The summed E-state index contributed by atoms with van der Waals surface area (Å²) >= 11 is 0. The van der Waals surface area contributed by atoms with Crippen LogP contribution in [0.1, 0.15) is 30.1 Å². The molecule has 3 aromatic rings. The number of hydrogen-bond donors (Lipinski definition) is 0. The molecular formula is C21H24N2O5. The molecule has 0 saturated carbocycles. The zero-order valence-electron chi connectivity index (χ0n) is 16.5. The van der Waals surface area contributed by atoms with Crippen LogP contribution < -0.4 is 9.47 Å². The standard InChI is InChI=1S/C21H24N2O5/c1-14(2)12-23(21(24)18-6-5-9-27-18)13-15-10-20(28-22-15)17-8-7-16(25-3)11-19(17)26-4/h5-11,14H,12-13H2,1-4H3. The molecule has 148 valence electrons. The van der Waals surface area contributed by atoms with Crippen molar-refractivity contribution in [3.63, 3.8) is 0 Å². The molecule has 7 nitrogen and oxygen atoms in total. The van der Waals surface area contributed by atoms with Gasteiger partial charge in [0.15, 0.2) is 11.5 Å². The summed E-state index contributed by atoms with van der Waals surface area (Å²) in [5.74, 6) is 2.29. The number of aromatic nitrogens is 1. The molecule has 0 aliphatic rings. The first kappa shape index (κ1) is 19.5. The quantitative estimate of drug-likeness (QED) is 0.578. The third kappa shape index (κ3) is 4.36. The molecule has 0 bridgehead atoms. The van der Waals surface area contributed by atoms with Crippen molar-refractivity contribution in [2.45, 2.75) is 20.4 Å². The summed E-state index contributed by atoms with van der Waals surface area (Å²) in [7, 11) is 3.18. The molecule has 0 aliphatic heterocycles. The second-order valence-electron chi connectivity index (χ2n) is 6.81. The molecule has 0 aliphatic carbocycles. The van der Waals surface area contributed by atoms with Crippen molar-refractivity contribution in [3.8, 4) is 22.8 Å². The predicted molar refractivity (Wildman–Crippen MR) is 103 cm³/mol. The zero-order valence-corrected chi connectivity index (χ0v) is 16.5. The van der Waals surface area contributed by atoms with Crippen LogP contribution in [0, 0.1) is 5.92 Å². The van der Waals surface area contributed by atoms with Gasteiger partial charge in [-0.15, -0.1) is 0 Å². The summed E-state index contributed by atoms with van der Waals surface area (Å²) < 4.78 is 21.4. The molecule has 28 heavy (non-hydrogen) atoms. The molecule has 0 fully saturated rings. The average Bonchev–Trinajstić information content (AvgIpc) is 3.38. The van der Waals surface area contributed by atoms with Gasteiger partial charge in [-0.1, -0.05) is 19.0 Å². The Labute approximate surface area is 163 Å². The van der Waals surface area contributed by atoms with E-state index in [0.717, 1.165) is 5.56 Å². The van der Waals surface area contributed by atoms with Crippen molar-refractivity contribution in [3.05, 3.63) is 54.1 Å². The van der Waals surface area contributed by atoms with Gasteiger partial charge in [0.1, 0.15) is 17.2 Å². The maximum Gasteiger partial charge on any atom is 0.289 e. The first-order chi connectivity index (χ1) is 13.5. The van der Waals surface area contributed by atoms with E-state index in [1.54, 1.807) is 37.3 Å². The van der Waals surface area contributed by atoms with Crippen LogP contribution >= 0.6 is 0 Å². The molecule has 0 unspecified atom stereocenters. The highest BCUT2D eigenvalue weighted by Gasteiger charge is 2.22. The van der Waals surface area contributed by atoms with Gasteiger partial charge in [0.05, 0.1) is 32.6 Å². The molecule has 0 saturated heterocycles. The second kappa shape index (κ2) is 8.65. The molecule has 2 aromatic heterocycles. The lowest BCUT2D eigenvalue weighted by molar-refractivity contribution is 0.0686. The van der Waals surface area contributed by atoms with Gasteiger partial charge in [-0.3, -0.25) is 4.79 Å². The normalized spacial score (nSPS) is 10.9. The van der Waals surface area contributed by atoms with Crippen LogP contribution in [-0.4, -0.2) is 36.7 Å². The van der Waals surface area contributed by atoms with E-state index >= 15 is 0 Å². The molecule has 0 radical (unpaired) electrons.